The van der Waals surface area contributed by atoms with E-state index < -0.39 is 5.41 Å². The average molecular weight is 820 g/mol. The van der Waals surface area contributed by atoms with Crippen molar-refractivity contribution in [2.24, 2.45) is 0 Å². The fourth-order valence-corrected chi connectivity index (χ4v) is 10.7. The highest BCUT2D eigenvalue weighted by Gasteiger charge is 2.52. The molecule has 2 heteroatoms. The van der Waals surface area contributed by atoms with Gasteiger partial charge in [-0.25, -0.2) is 0 Å². The predicted molar refractivity (Wildman–Crippen MR) is 267 cm³/mol. The summed E-state index contributed by atoms with van der Waals surface area (Å²) < 4.78 is 6.82. The number of benzene rings is 9. The zero-order valence-corrected chi connectivity index (χ0v) is 35.9. The number of nitrogens with zero attached hydrogens (tertiary/aromatic N) is 1. The third kappa shape index (κ3) is 5.80. The van der Waals surface area contributed by atoms with Gasteiger partial charge in [0.1, 0.15) is 0 Å². The first-order chi connectivity index (χ1) is 31.6. The largest absolute Gasteiger partial charge is 0.453 e. The molecule has 1 spiro atoms. The van der Waals surface area contributed by atoms with Gasteiger partial charge in [-0.3, -0.25) is 0 Å². The van der Waals surface area contributed by atoms with Crippen LogP contribution in [-0.2, 0) is 5.41 Å². The molecule has 2 aliphatic carbocycles. The Labute approximate surface area is 375 Å². The van der Waals surface area contributed by atoms with Crippen LogP contribution in [-0.4, -0.2) is 0 Å². The van der Waals surface area contributed by atoms with E-state index in [1.54, 1.807) is 0 Å². The highest BCUT2D eigenvalue weighted by Crippen LogP contribution is 2.64. The lowest BCUT2D eigenvalue weighted by Crippen LogP contribution is -2.27. The number of hydrogen-bond donors (Lipinski definition) is 0. The van der Waals surface area contributed by atoms with Crippen molar-refractivity contribution in [3.8, 4) is 67.1 Å². The van der Waals surface area contributed by atoms with Gasteiger partial charge in [-0.05, 0) is 145 Å². The Morgan fingerprint density at radius 3 is 1.56 bits per heavy atom. The fraction of sp³-hybridized carbons (Fsp3) is 0.0645. The lowest BCUT2D eigenvalue weighted by atomic mass is 9.69. The molecule has 0 aromatic heterocycles. The van der Waals surface area contributed by atoms with Crippen molar-refractivity contribution >= 4 is 22.6 Å². The van der Waals surface area contributed by atoms with Crippen LogP contribution in [0.1, 0.15) is 42.5 Å². The van der Waals surface area contributed by atoms with Crippen LogP contribution in [0.25, 0.3) is 61.2 Å². The third-order valence-electron chi connectivity index (χ3n) is 13.6. The highest BCUT2D eigenvalue weighted by atomic mass is 16.5. The molecule has 1 aliphatic heterocycles. The van der Waals surface area contributed by atoms with E-state index in [1.807, 2.05) is 0 Å². The van der Waals surface area contributed by atoms with Crippen LogP contribution in [0.15, 0.2) is 230 Å². The smallest absolute Gasteiger partial charge is 0.152 e. The van der Waals surface area contributed by atoms with Gasteiger partial charge in [0.15, 0.2) is 11.5 Å². The van der Waals surface area contributed by atoms with E-state index in [1.165, 1.54) is 66.8 Å². The van der Waals surface area contributed by atoms with E-state index >= 15 is 0 Å². The van der Waals surface area contributed by atoms with Gasteiger partial charge < -0.3 is 9.64 Å². The van der Waals surface area contributed by atoms with E-state index in [2.05, 4.69) is 243 Å². The SMILES string of the molecule is CC/C=C\C1=C(C)c2ccc(-c3ccccc3)cc2C12c1ccccc1-c1c(-c3ccc(N4c5ccc(-c6ccccc6)cc5Oc5cc(-c6ccccc6)ccc54)cc3)cccc12. The van der Waals surface area contributed by atoms with Crippen LogP contribution in [0, 0.1) is 0 Å². The molecule has 0 fully saturated rings. The van der Waals surface area contributed by atoms with Crippen molar-refractivity contribution in [3.05, 3.63) is 252 Å². The highest BCUT2D eigenvalue weighted by molar-refractivity contribution is 6.01. The van der Waals surface area contributed by atoms with Gasteiger partial charge in [-0.15, -0.1) is 0 Å². The molecule has 0 amide bonds. The van der Waals surface area contributed by atoms with Gasteiger partial charge >= 0.3 is 0 Å². The number of hydrogen-bond acceptors (Lipinski definition) is 2. The molecule has 0 saturated heterocycles. The van der Waals surface area contributed by atoms with Gasteiger partial charge in [0.05, 0.1) is 16.8 Å². The molecule has 304 valence electrons. The van der Waals surface area contributed by atoms with Crippen molar-refractivity contribution in [1.29, 1.82) is 0 Å². The molecule has 1 heterocycles. The van der Waals surface area contributed by atoms with Crippen molar-refractivity contribution in [2.75, 3.05) is 4.90 Å². The van der Waals surface area contributed by atoms with E-state index in [-0.39, 0.29) is 0 Å². The number of anilines is 3. The van der Waals surface area contributed by atoms with Crippen molar-refractivity contribution in [2.45, 2.75) is 25.7 Å². The summed E-state index contributed by atoms with van der Waals surface area (Å²) in [7, 11) is 0. The minimum absolute atomic E-state index is 0.448. The summed E-state index contributed by atoms with van der Waals surface area (Å²) in [5, 5.41) is 0. The molecule has 64 heavy (non-hydrogen) atoms. The summed E-state index contributed by atoms with van der Waals surface area (Å²) in [6.45, 7) is 4.55. The normalized spacial score (nSPS) is 15.4. The molecule has 9 aromatic carbocycles. The maximum absolute atomic E-state index is 6.82. The summed E-state index contributed by atoms with van der Waals surface area (Å²) in [5.74, 6) is 1.66. The van der Waals surface area contributed by atoms with Crippen LogP contribution in [0.2, 0.25) is 0 Å². The van der Waals surface area contributed by atoms with Gasteiger partial charge in [-0.2, -0.15) is 0 Å². The molecule has 12 rings (SSSR count). The van der Waals surface area contributed by atoms with E-state index in [9.17, 15) is 0 Å². The fourth-order valence-electron chi connectivity index (χ4n) is 10.7. The quantitative estimate of drug-likeness (QED) is 0.159. The lowest BCUT2D eigenvalue weighted by Gasteiger charge is -2.33. The summed E-state index contributed by atoms with van der Waals surface area (Å²) in [5.41, 5.74) is 22.8. The standard InChI is InChI=1S/C62H45NO/c1-3-4-25-53-41(2)50-35-30-46(42-17-8-5-9-18-42)38-56(50)62(53)54-26-15-14-23-52(54)61-51(24-16-27-55(61)62)45-28-33-49(34-29-45)63-57-36-31-47(43-19-10-6-11-20-43)39-59(57)64-60-40-48(32-37-58(60)63)44-21-12-7-13-22-44/h4-40H,3H2,1-2H3/b25-4-. The molecule has 2 nitrogen and oxygen atoms in total. The predicted octanol–water partition coefficient (Wildman–Crippen LogP) is 17.0. The second kappa shape index (κ2) is 15.1. The molecule has 0 saturated carbocycles. The summed E-state index contributed by atoms with van der Waals surface area (Å²) in [4.78, 5) is 2.35. The molecule has 0 radical (unpaired) electrons. The molecular formula is C62H45NO. The molecule has 1 unspecified atom stereocenters. The first-order valence-corrected chi connectivity index (χ1v) is 22.4. The molecular weight excluding hydrogens is 775 g/mol. The molecule has 0 N–H and O–H groups in total. The van der Waals surface area contributed by atoms with E-state index in [0.29, 0.717) is 0 Å². The Balaban J connectivity index is 1.01. The Morgan fingerprint density at radius 1 is 0.438 bits per heavy atom. The molecule has 3 aliphatic rings. The molecule has 0 bridgehead atoms. The topological polar surface area (TPSA) is 12.5 Å². The van der Waals surface area contributed by atoms with Crippen molar-refractivity contribution < 1.29 is 4.74 Å². The first kappa shape index (κ1) is 37.8. The third-order valence-corrected chi connectivity index (χ3v) is 13.6. The Kier molecular flexibility index (Phi) is 8.95. The van der Waals surface area contributed by atoms with Gasteiger partial charge in [0.2, 0.25) is 0 Å². The summed E-state index contributed by atoms with van der Waals surface area (Å²) in [6, 6.07) is 77.4. The Hall–Kier alpha value is -7.94. The zero-order valence-electron chi connectivity index (χ0n) is 35.9. The van der Waals surface area contributed by atoms with Crippen molar-refractivity contribution in [3.63, 3.8) is 0 Å². The minimum atomic E-state index is -0.448. The first-order valence-electron chi connectivity index (χ1n) is 22.4. The Bertz CT molecular complexity index is 3240. The van der Waals surface area contributed by atoms with Crippen LogP contribution >= 0.6 is 0 Å². The maximum Gasteiger partial charge on any atom is 0.152 e. The van der Waals surface area contributed by atoms with E-state index in [4.69, 9.17) is 4.74 Å². The monoisotopic (exact) mass is 819 g/mol. The van der Waals surface area contributed by atoms with Crippen LogP contribution in [0.5, 0.6) is 11.5 Å². The zero-order chi connectivity index (χ0) is 42.8. The maximum atomic E-state index is 6.82. The van der Waals surface area contributed by atoms with Gasteiger partial charge in [0.25, 0.3) is 0 Å². The van der Waals surface area contributed by atoms with Crippen LogP contribution in [0.4, 0.5) is 17.1 Å². The Morgan fingerprint density at radius 2 is 0.953 bits per heavy atom. The van der Waals surface area contributed by atoms with Crippen molar-refractivity contribution in [1.82, 2.24) is 0 Å². The summed E-state index contributed by atoms with van der Waals surface area (Å²) >= 11 is 0. The average Bonchev–Trinajstić information content (AvgIpc) is 3.80. The summed E-state index contributed by atoms with van der Waals surface area (Å²) in [6.07, 6.45) is 5.72. The number of allylic oxidation sites excluding steroid dienone is 4. The van der Waals surface area contributed by atoms with Crippen LogP contribution in [0.3, 0.4) is 0 Å². The van der Waals surface area contributed by atoms with Gasteiger partial charge in [-0.1, -0.05) is 189 Å². The lowest BCUT2D eigenvalue weighted by molar-refractivity contribution is 0.477. The van der Waals surface area contributed by atoms with Gasteiger partial charge in [0, 0.05) is 5.69 Å². The number of rotatable bonds is 7. The molecule has 1 atom stereocenters. The second-order valence-corrected chi connectivity index (χ2v) is 17.1. The molecule has 9 aromatic rings. The number of fused-ring (bicyclic) bond motifs is 9. The van der Waals surface area contributed by atoms with Crippen LogP contribution < -0.4 is 9.64 Å². The second-order valence-electron chi connectivity index (χ2n) is 17.1. The number of ether oxygens (including phenoxy) is 1. The minimum Gasteiger partial charge on any atom is -0.453 e. The van der Waals surface area contributed by atoms with E-state index in [0.717, 1.165) is 57.2 Å².